The number of Topliss-reactive ketones (excluding diaryl/α,β-unsaturated/α-hetero) is 1. The van der Waals surface area contributed by atoms with Crippen LogP contribution in [0.4, 0.5) is 4.79 Å². The maximum absolute atomic E-state index is 12.2. The summed E-state index contributed by atoms with van der Waals surface area (Å²) in [7, 11) is 0. The molecule has 2 atom stereocenters. The van der Waals surface area contributed by atoms with Crippen LogP contribution < -0.4 is 0 Å². The van der Waals surface area contributed by atoms with E-state index in [0.717, 1.165) is 0 Å². The molecule has 0 spiro atoms. The van der Waals surface area contributed by atoms with Crippen LogP contribution in [-0.4, -0.2) is 46.5 Å². The van der Waals surface area contributed by atoms with Crippen LogP contribution >= 0.6 is 0 Å². The van der Waals surface area contributed by atoms with Gasteiger partial charge in [-0.05, 0) is 51.9 Å². The van der Waals surface area contributed by atoms with Gasteiger partial charge in [-0.3, -0.25) is 9.59 Å². The molecule has 1 saturated carbocycles. The summed E-state index contributed by atoms with van der Waals surface area (Å²) in [5.41, 5.74) is -1.36. The molecule has 0 radical (unpaired) electrons. The van der Waals surface area contributed by atoms with Gasteiger partial charge in [0.25, 0.3) is 0 Å². The van der Waals surface area contributed by atoms with Crippen LogP contribution in [0.25, 0.3) is 0 Å². The summed E-state index contributed by atoms with van der Waals surface area (Å²) >= 11 is 0. The molecule has 1 aliphatic heterocycles. The number of carboxylic acids is 1. The van der Waals surface area contributed by atoms with Crippen LogP contribution in [-0.2, 0) is 14.3 Å². The van der Waals surface area contributed by atoms with Gasteiger partial charge in [0.05, 0.1) is 5.41 Å². The predicted octanol–water partition coefficient (Wildman–Crippen LogP) is 3.09. The fourth-order valence-corrected chi connectivity index (χ4v) is 4.18. The van der Waals surface area contributed by atoms with Crippen molar-refractivity contribution in [3.63, 3.8) is 0 Å². The lowest BCUT2D eigenvalue weighted by Gasteiger charge is -2.47. The van der Waals surface area contributed by atoms with E-state index in [9.17, 15) is 19.5 Å². The van der Waals surface area contributed by atoms with Gasteiger partial charge < -0.3 is 14.7 Å². The summed E-state index contributed by atoms with van der Waals surface area (Å²) in [5, 5.41) is 9.86. The Morgan fingerprint density at radius 2 is 1.83 bits per heavy atom. The normalized spacial score (nSPS) is 27.7. The zero-order chi connectivity index (χ0) is 18.1. The first-order valence-electron chi connectivity index (χ1n) is 8.78. The fraction of sp³-hybridized carbons (Fsp3) is 0.833. The van der Waals surface area contributed by atoms with Crippen LogP contribution in [0.15, 0.2) is 0 Å². The standard InChI is InChI=1S/C18H29NO5/c1-12-11-19(16(23)24-17(2,3)4)10-7-14(12)18(15(21)22)8-5-13(20)6-9-18/h12,14H,5-11H2,1-4H3,(H,21,22). The molecular weight excluding hydrogens is 310 g/mol. The minimum Gasteiger partial charge on any atom is -0.481 e. The van der Waals surface area contributed by atoms with Gasteiger partial charge >= 0.3 is 12.1 Å². The molecule has 2 aliphatic rings. The summed E-state index contributed by atoms with van der Waals surface area (Å²) in [6, 6.07) is 0. The largest absolute Gasteiger partial charge is 0.481 e. The summed E-state index contributed by atoms with van der Waals surface area (Å²) in [6.07, 6.45) is 1.85. The van der Waals surface area contributed by atoms with E-state index in [0.29, 0.717) is 45.2 Å². The van der Waals surface area contributed by atoms with Gasteiger partial charge in [-0.15, -0.1) is 0 Å². The second-order valence-corrected chi connectivity index (χ2v) is 8.30. The Balaban J connectivity index is 2.08. The lowest BCUT2D eigenvalue weighted by Crippen LogP contribution is -2.52. The number of carbonyl (C=O) groups is 3. The molecule has 1 N–H and O–H groups in total. The first kappa shape index (κ1) is 18.7. The van der Waals surface area contributed by atoms with Gasteiger partial charge in [-0.25, -0.2) is 4.79 Å². The average Bonchev–Trinajstić information content (AvgIpc) is 2.46. The van der Waals surface area contributed by atoms with Crippen molar-refractivity contribution < 1.29 is 24.2 Å². The fourth-order valence-electron chi connectivity index (χ4n) is 4.18. The summed E-state index contributed by atoms with van der Waals surface area (Å²) in [5.74, 6) is -0.583. The first-order chi connectivity index (χ1) is 11.0. The van der Waals surface area contributed by atoms with E-state index in [1.165, 1.54) is 0 Å². The molecule has 136 valence electrons. The second kappa shape index (κ2) is 6.73. The van der Waals surface area contributed by atoms with Crippen molar-refractivity contribution in [2.75, 3.05) is 13.1 Å². The molecular formula is C18H29NO5. The lowest BCUT2D eigenvalue weighted by atomic mass is 9.60. The third-order valence-electron chi connectivity index (χ3n) is 5.39. The summed E-state index contributed by atoms with van der Waals surface area (Å²) in [6.45, 7) is 8.51. The molecule has 0 bridgehead atoms. The molecule has 24 heavy (non-hydrogen) atoms. The van der Waals surface area contributed by atoms with Gasteiger partial charge in [-0.1, -0.05) is 6.92 Å². The number of rotatable bonds is 2. The van der Waals surface area contributed by atoms with Crippen molar-refractivity contribution in [1.82, 2.24) is 4.90 Å². The zero-order valence-electron chi connectivity index (χ0n) is 15.1. The Kier molecular flexibility index (Phi) is 5.25. The number of aliphatic carboxylic acids is 1. The highest BCUT2D eigenvalue weighted by Crippen LogP contribution is 2.48. The Morgan fingerprint density at radius 1 is 1.25 bits per heavy atom. The monoisotopic (exact) mass is 339 g/mol. The van der Waals surface area contributed by atoms with Crippen LogP contribution in [0.1, 0.15) is 59.8 Å². The molecule has 2 fully saturated rings. The highest BCUT2D eigenvalue weighted by Gasteiger charge is 2.51. The average molecular weight is 339 g/mol. The smallest absolute Gasteiger partial charge is 0.410 e. The number of hydrogen-bond donors (Lipinski definition) is 1. The van der Waals surface area contributed by atoms with E-state index in [4.69, 9.17) is 4.74 Å². The van der Waals surface area contributed by atoms with Crippen LogP contribution in [0, 0.1) is 17.3 Å². The summed E-state index contributed by atoms with van der Waals surface area (Å²) in [4.78, 5) is 37.5. The molecule has 0 aromatic rings. The Hall–Kier alpha value is -1.59. The van der Waals surface area contributed by atoms with Crippen molar-refractivity contribution in [2.24, 2.45) is 17.3 Å². The number of piperidine rings is 1. The van der Waals surface area contributed by atoms with E-state index in [1.807, 2.05) is 27.7 Å². The van der Waals surface area contributed by atoms with Gasteiger partial charge in [0.1, 0.15) is 11.4 Å². The quantitative estimate of drug-likeness (QED) is 0.836. The third kappa shape index (κ3) is 3.90. The molecule has 1 saturated heterocycles. The van der Waals surface area contributed by atoms with Crippen molar-refractivity contribution in [2.45, 2.75) is 65.4 Å². The molecule has 2 unspecified atom stereocenters. The van der Waals surface area contributed by atoms with E-state index in [1.54, 1.807) is 4.90 Å². The van der Waals surface area contributed by atoms with Crippen LogP contribution in [0.3, 0.4) is 0 Å². The maximum atomic E-state index is 12.2. The molecule has 6 heteroatoms. The second-order valence-electron chi connectivity index (χ2n) is 8.30. The predicted molar refractivity (Wildman–Crippen MR) is 88.6 cm³/mol. The van der Waals surface area contributed by atoms with Crippen molar-refractivity contribution in [1.29, 1.82) is 0 Å². The highest BCUT2D eigenvalue weighted by molar-refractivity contribution is 5.84. The minimum atomic E-state index is -0.826. The van der Waals surface area contributed by atoms with E-state index in [2.05, 4.69) is 0 Å². The number of hydrogen-bond acceptors (Lipinski definition) is 4. The number of ether oxygens (including phenoxy) is 1. The number of ketones is 1. The molecule has 1 amide bonds. The van der Waals surface area contributed by atoms with Gasteiger partial charge in [0, 0.05) is 25.9 Å². The maximum Gasteiger partial charge on any atom is 0.410 e. The van der Waals surface area contributed by atoms with E-state index < -0.39 is 17.0 Å². The number of likely N-dealkylation sites (tertiary alicyclic amines) is 1. The molecule has 0 aromatic heterocycles. The SMILES string of the molecule is CC1CN(C(=O)OC(C)(C)C)CCC1C1(C(=O)O)CCC(=O)CC1. The summed E-state index contributed by atoms with van der Waals surface area (Å²) < 4.78 is 5.42. The number of amides is 1. The number of carbonyl (C=O) groups excluding carboxylic acids is 2. The highest BCUT2D eigenvalue weighted by atomic mass is 16.6. The van der Waals surface area contributed by atoms with Crippen LogP contribution in [0.5, 0.6) is 0 Å². The molecule has 1 heterocycles. The Labute approximate surface area is 143 Å². The lowest BCUT2D eigenvalue weighted by molar-refractivity contribution is -0.160. The van der Waals surface area contributed by atoms with E-state index >= 15 is 0 Å². The Morgan fingerprint density at radius 3 is 2.29 bits per heavy atom. The topological polar surface area (TPSA) is 83.9 Å². The van der Waals surface area contributed by atoms with Crippen molar-refractivity contribution in [3.05, 3.63) is 0 Å². The minimum absolute atomic E-state index is 0.0122. The van der Waals surface area contributed by atoms with E-state index in [-0.39, 0.29) is 23.7 Å². The van der Waals surface area contributed by atoms with Crippen molar-refractivity contribution >= 4 is 17.8 Å². The van der Waals surface area contributed by atoms with Gasteiger partial charge in [-0.2, -0.15) is 0 Å². The van der Waals surface area contributed by atoms with Gasteiger partial charge in [0.2, 0.25) is 0 Å². The van der Waals surface area contributed by atoms with Crippen molar-refractivity contribution in [3.8, 4) is 0 Å². The van der Waals surface area contributed by atoms with Crippen LogP contribution in [0.2, 0.25) is 0 Å². The molecule has 1 aliphatic carbocycles. The van der Waals surface area contributed by atoms with Gasteiger partial charge in [0.15, 0.2) is 0 Å². The molecule has 2 rings (SSSR count). The first-order valence-corrected chi connectivity index (χ1v) is 8.78. The number of nitrogens with zero attached hydrogens (tertiary/aromatic N) is 1. The third-order valence-corrected chi connectivity index (χ3v) is 5.39. The molecule has 0 aromatic carbocycles. The zero-order valence-corrected chi connectivity index (χ0v) is 15.1. The number of carboxylic acid groups (broad SMARTS) is 1. The Bertz CT molecular complexity index is 512. The molecule has 6 nitrogen and oxygen atoms in total.